The van der Waals surface area contributed by atoms with Crippen molar-refractivity contribution in [2.45, 2.75) is 19.3 Å². The Hall–Kier alpha value is -6.58. The fraction of sp³-hybridized carbons (Fsp3) is 0.0612. The lowest BCUT2D eigenvalue weighted by molar-refractivity contribution is 0.667. The van der Waals surface area contributed by atoms with Gasteiger partial charge in [-0.2, -0.15) is 0 Å². The standard InChI is InChI=1S/C49H33N3/c1-49(2)41-29-45-40(28-39(41)37-25-24-30-14-6-9-19-35(30)46(37)49)36-20-11-13-23-43(36)52(45)44-27-33(26-32-17-7-8-18-34(32)44)47-38-21-10-12-22-42(38)50-48(51-47)31-15-4-3-5-16-31/h3-29H,1-2H3. The Kier molecular flexibility index (Phi) is 6.01. The average Bonchev–Trinajstić information content (AvgIpc) is 3.64. The van der Waals surface area contributed by atoms with Crippen LogP contribution in [-0.2, 0) is 5.41 Å². The third kappa shape index (κ3) is 4.08. The molecule has 0 atom stereocenters. The van der Waals surface area contributed by atoms with Crippen molar-refractivity contribution in [2.75, 3.05) is 0 Å². The molecule has 0 amide bonds. The number of para-hydroxylation sites is 2. The molecule has 0 unspecified atom stereocenters. The van der Waals surface area contributed by atoms with E-state index in [1.165, 1.54) is 65.6 Å². The number of nitrogens with zero attached hydrogens (tertiary/aromatic N) is 3. The van der Waals surface area contributed by atoms with Crippen molar-refractivity contribution in [2.24, 2.45) is 0 Å². The van der Waals surface area contributed by atoms with E-state index >= 15 is 0 Å². The van der Waals surface area contributed by atoms with E-state index in [1.807, 2.05) is 18.2 Å². The molecule has 3 heteroatoms. The molecular formula is C49H33N3. The molecular weight excluding hydrogens is 631 g/mol. The van der Waals surface area contributed by atoms with Gasteiger partial charge in [0.25, 0.3) is 0 Å². The Morgan fingerprint density at radius 3 is 2.00 bits per heavy atom. The van der Waals surface area contributed by atoms with Crippen LogP contribution in [0.3, 0.4) is 0 Å². The van der Waals surface area contributed by atoms with E-state index in [4.69, 9.17) is 9.97 Å². The molecule has 1 aliphatic rings. The van der Waals surface area contributed by atoms with Gasteiger partial charge < -0.3 is 4.57 Å². The molecule has 1 aliphatic carbocycles. The summed E-state index contributed by atoms with van der Waals surface area (Å²) in [6.07, 6.45) is 0. The molecule has 52 heavy (non-hydrogen) atoms. The molecule has 0 spiro atoms. The summed E-state index contributed by atoms with van der Waals surface area (Å²) in [4.78, 5) is 10.3. The lowest BCUT2D eigenvalue weighted by Crippen LogP contribution is -2.15. The highest BCUT2D eigenvalue weighted by Gasteiger charge is 2.38. The summed E-state index contributed by atoms with van der Waals surface area (Å²) in [6.45, 7) is 4.78. The van der Waals surface area contributed by atoms with Crippen molar-refractivity contribution in [3.8, 4) is 39.5 Å². The Balaban J connectivity index is 1.22. The summed E-state index contributed by atoms with van der Waals surface area (Å²) in [5, 5.41) is 8.55. The van der Waals surface area contributed by atoms with Gasteiger partial charge in [-0.15, -0.1) is 0 Å². The number of rotatable bonds is 3. The Morgan fingerprint density at radius 2 is 1.15 bits per heavy atom. The second kappa shape index (κ2) is 10.7. The SMILES string of the molecule is CC1(C)c2cc3c(cc2-c2ccc4ccccc4c21)c1ccccc1n3-c1cc(-c2nc(-c3ccccc3)nc3ccccc23)cc2ccccc12. The van der Waals surface area contributed by atoms with Gasteiger partial charge in [-0.05, 0) is 74.8 Å². The van der Waals surface area contributed by atoms with Crippen LogP contribution >= 0.6 is 0 Å². The number of fused-ring (bicyclic) bond motifs is 10. The predicted octanol–water partition coefficient (Wildman–Crippen LogP) is 12.7. The van der Waals surface area contributed by atoms with Crippen LogP contribution in [0.15, 0.2) is 164 Å². The van der Waals surface area contributed by atoms with Gasteiger partial charge in [0.05, 0.1) is 27.9 Å². The minimum Gasteiger partial charge on any atom is -0.309 e. The zero-order valence-corrected chi connectivity index (χ0v) is 28.9. The summed E-state index contributed by atoms with van der Waals surface area (Å²) < 4.78 is 2.50. The summed E-state index contributed by atoms with van der Waals surface area (Å²) in [5.41, 5.74) is 12.8. The minimum absolute atomic E-state index is 0.168. The van der Waals surface area contributed by atoms with E-state index in [2.05, 4.69) is 164 Å². The largest absolute Gasteiger partial charge is 0.309 e. The van der Waals surface area contributed by atoms with E-state index in [-0.39, 0.29) is 5.41 Å². The lowest BCUT2D eigenvalue weighted by atomic mass is 9.80. The number of aromatic nitrogens is 3. The molecule has 3 nitrogen and oxygen atoms in total. The number of hydrogen-bond acceptors (Lipinski definition) is 2. The van der Waals surface area contributed by atoms with Gasteiger partial charge in [-0.3, -0.25) is 0 Å². The van der Waals surface area contributed by atoms with E-state index in [0.717, 1.165) is 39.2 Å². The maximum atomic E-state index is 5.29. The van der Waals surface area contributed by atoms with Gasteiger partial charge in [0.15, 0.2) is 5.82 Å². The quantitative estimate of drug-likeness (QED) is 0.188. The molecule has 2 aromatic heterocycles. The lowest BCUT2D eigenvalue weighted by Gasteiger charge is -2.23. The fourth-order valence-electron chi connectivity index (χ4n) is 8.94. The van der Waals surface area contributed by atoms with Crippen LogP contribution in [0, 0.1) is 0 Å². The molecule has 0 saturated carbocycles. The average molecular weight is 664 g/mol. The van der Waals surface area contributed by atoms with E-state index in [1.54, 1.807) is 0 Å². The second-order valence-corrected chi connectivity index (χ2v) is 14.6. The molecule has 0 aliphatic heterocycles. The molecule has 0 radical (unpaired) electrons. The monoisotopic (exact) mass is 663 g/mol. The normalized spacial score (nSPS) is 13.3. The molecule has 0 fully saturated rings. The second-order valence-electron chi connectivity index (χ2n) is 14.6. The maximum absolute atomic E-state index is 5.29. The molecule has 0 N–H and O–H groups in total. The summed E-state index contributed by atoms with van der Waals surface area (Å²) in [7, 11) is 0. The van der Waals surface area contributed by atoms with E-state index in [9.17, 15) is 0 Å². The van der Waals surface area contributed by atoms with Crippen molar-refractivity contribution < 1.29 is 0 Å². The smallest absolute Gasteiger partial charge is 0.160 e. The summed E-state index contributed by atoms with van der Waals surface area (Å²) in [6, 6.07) is 59.3. The van der Waals surface area contributed by atoms with Crippen LogP contribution < -0.4 is 0 Å². The third-order valence-electron chi connectivity index (χ3n) is 11.3. The topological polar surface area (TPSA) is 30.7 Å². The van der Waals surface area contributed by atoms with Crippen LogP contribution in [-0.4, -0.2) is 14.5 Å². The highest BCUT2D eigenvalue weighted by molar-refractivity contribution is 6.14. The molecule has 11 rings (SSSR count). The first-order valence-corrected chi connectivity index (χ1v) is 18.0. The van der Waals surface area contributed by atoms with Crippen LogP contribution in [0.5, 0.6) is 0 Å². The van der Waals surface area contributed by atoms with Crippen LogP contribution in [0.2, 0.25) is 0 Å². The van der Waals surface area contributed by atoms with Crippen molar-refractivity contribution in [3.05, 3.63) is 175 Å². The number of hydrogen-bond donors (Lipinski definition) is 0. The molecule has 8 aromatic carbocycles. The molecule has 10 aromatic rings. The van der Waals surface area contributed by atoms with E-state index in [0.29, 0.717) is 0 Å². The highest BCUT2D eigenvalue weighted by Crippen LogP contribution is 2.53. The van der Waals surface area contributed by atoms with Gasteiger partial charge in [0.1, 0.15) is 0 Å². The fourth-order valence-corrected chi connectivity index (χ4v) is 8.94. The zero-order valence-electron chi connectivity index (χ0n) is 28.9. The Bertz CT molecular complexity index is 3100. The Morgan fingerprint density at radius 1 is 0.462 bits per heavy atom. The van der Waals surface area contributed by atoms with Crippen molar-refractivity contribution >= 4 is 54.3 Å². The van der Waals surface area contributed by atoms with Crippen molar-refractivity contribution in [3.63, 3.8) is 0 Å². The van der Waals surface area contributed by atoms with Crippen LogP contribution in [0.25, 0.3) is 93.7 Å². The van der Waals surface area contributed by atoms with Gasteiger partial charge >= 0.3 is 0 Å². The van der Waals surface area contributed by atoms with E-state index < -0.39 is 0 Å². The van der Waals surface area contributed by atoms with Gasteiger partial charge in [0.2, 0.25) is 0 Å². The Labute approximate surface area is 301 Å². The van der Waals surface area contributed by atoms with Gasteiger partial charge in [0, 0.05) is 38.1 Å². The van der Waals surface area contributed by atoms with Crippen molar-refractivity contribution in [1.82, 2.24) is 14.5 Å². The zero-order chi connectivity index (χ0) is 34.6. The first kappa shape index (κ1) is 29.2. The molecule has 0 bridgehead atoms. The predicted molar refractivity (Wildman–Crippen MR) is 217 cm³/mol. The first-order valence-electron chi connectivity index (χ1n) is 18.0. The third-order valence-corrected chi connectivity index (χ3v) is 11.3. The molecule has 2 heterocycles. The van der Waals surface area contributed by atoms with Crippen molar-refractivity contribution in [1.29, 1.82) is 0 Å². The molecule has 0 saturated heterocycles. The number of benzene rings is 8. The van der Waals surface area contributed by atoms with Crippen LogP contribution in [0.4, 0.5) is 0 Å². The minimum atomic E-state index is -0.168. The summed E-state index contributed by atoms with van der Waals surface area (Å²) in [5.74, 6) is 0.728. The van der Waals surface area contributed by atoms with Gasteiger partial charge in [-0.1, -0.05) is 141 Å². The highest BCUT2D eigenvalue weighted by atomic mass is 15.0. The van der Waals surface area contributed by atoms with Gasteiger partial charge in [-0.25, -0.2) is 9.97 Å². The first-order chi connectivity index (χ1) is 25.5. The van der Waals surface area contributed by atoms with Crippen LogP contribution in [0.1, 0.15) is 25.0 Å². The summed E-state index contributed by atoms with van der Waals surface area (Å²) >= 11 is 0. The molecule has 244 valence electrons. The maximum Gasteiger partial charge on any atom is 0.160 e.